The lowest BCUT2D eigenvalue weighted by Gasteiger charge is -2.21. The van der Waals surface area contributed by atoms with Crippen LogP contribution >= 0.6 is 15.9 Å². The van der Waals surface area contributed by atoms with Crippen LogP contribution in [-0.2, 0) is 13.1 Å². The number of halogens is 1. The molecule has 0 N–H and O–H groups in total. The molecule has 0 atom stereocenters. The molecule has 0 saturated carbocycles. The summed E-state index contributed by atoms with van der Waals surface area (Å²) >= 11 is 3.63. The minimum absolute atomic E-state index is 0.312. The molecule has 0 saturated heterocycles. The predicted molar refractivity (Wildman–Crippen MR) is 86.5 cm³/mol. The van der Waals surface area contributed by atoms with E-state index in [2.05, 4.69) is 58.1 Å². The van der Waals surface area contributed by atoms with Crippen LogP contribution in [-0.4, -0.2) is 18.2 Å². The molecule has 0 unspecified atom stereocenters. The first-order valence-electron chi connectivity index (χ1n) is 7.10. The van der Waals surface area contributed by atoms with Gasteiger partial charge in [-0.15, -0.1) is 0 Å². The maximum atomic E-state index is 5.47. The van der Waals surface area contributed by atoms with Crippen LogP contribution in [0.4, 0.5) is 0 Å². The third kappa shape index (κ3) is 3.39. The third-order valence-corrected chi connectivity index (χ3v) is 4.37. The van der Waals surface area contributed by atoms with Gasteiger partial charge in [-0.25, -0.2) is 0 Å². The van der Waals surface area contributed by atoms with E-state index in [1.807, 2.05) is 12.1 Å². The molecule has 3 rings (SSSR count). The normalized spacial score (nSPS) is 12.9. The van der Waals surface area contributed by atoms with Crippen molar-refractivity contribution in [2.75, 3.05) is 13.3 Å². The lowest BCUT2D eigenvalue weighted by atomic mass is 10.1. The number of nitrogens with zero attached hydrogens (tertiary/aromatic N) is 1. The van der Waals surface area contributed by atoms with E-state index in [0.717, 1.165) is 35.6 Å². The molecule has 4 heteroatoms. The topological polar surface area (TPSA) is 21.7 Å². The molecule has 1 aliphatic heterocycles. The number of rotatable bonds is 5. The Bertz CT molecular complexity index is 616. The van der Waals surface area contributed by atoms with Gasteiger partial charge in [-0.05, 0) is 29.8 Å². The van der Waals surface area contributed by atoms with Gasteiger partial charge in [0, 0.05) is 17.6 Å². The number of fused-ring (bicyclic) bond motifs is 1. The highest BCUT2D eigenvalue weighted by atomic mass is 79.9. The zero-order chi connectivity index (χ0) is 14.7. The smallest absolute Gasteiger partial charge is 0.231 e. The van der Waals surface area contributed by atoms with Gasteiger partial charge >= 0.3 is 0 Å². The fourth-order valence-corrected chi connectivity index (χ4v) is 2.89. The van der Waals surface area contributed by atoms with Gasteiger partial charge in [0.05, 0.1) is 0 Å². The Morgan fingerprint density at radius 2 is 1.76 bits per heavy atom. The summed E-state index contributed by atoms with van der Waals surface area (Å²) in [6, 6.07) is 14.6. The number of hydrogen-bond acceptors (Lipinski definition) is 3. The first kappa shape index (κ1) is 14.4. The Labute approximate surface area is 133 Å². The molecule has 1 heterocycles. The second-order valence-corrected chi connectivity index (χ2v) is 5.94. The van der Waals surface area contributed by atoms with Crippen LogP contribution in [0.15, 0.2) is 46.9 Å². The highest BCUT2D eigenvalue weighted by Crippen LogP contribution is 2.37. The fourth-order valence-electron chi connectivity index (χ4n) is 2.44. The Hall–Kier alpha value is -1.52. The Kier molecular flexibility index (Phi) is 4.46. The van der Waals surface area contributed by atoms with Crippen molar-refractivity contribution in [1.29, 1.82) is 0 Å². The standard InChI is InChI=1S/C17H18BrNO2/c1-2-19(10-13-6-4-3-5-7-13)11-14-8-16-17(9-15(14)18)21-12-20-16/h3-9H,2,10-12H2,1H3. The molecule has 0 radical (unpaired) electrons. The molecule has 0 aromatic heterocycles. The molecule has 0 bridgehead atoms. The van der Waals surface area contributed by atoms with Crippen molar-refractivity contribution < 1.29 is 9.47 Å². The summed E-state index contributed by atoms with van der Waals surface area (Å²) in [5.74, 6) is 1.65. The van der Waals surface area contributed by atoms with Crippen molar-refractivity contribution in [2.24, 2.45) is 0 Å². The Balaban J connectivity index is 1.75. The SMILES string of the molecule is CCN(Cc1ccccc1)Cc1cc2c(cc1Br)OCO2. The lowest BCUT2D eigenvalue weighted by Crippen LogP contribution is -2.22. The minimum atomic E-state index is 0.312. The van der Waals surface area contributed by atoms with Gasteiger partial charge in [0.25, 0.3) is 0 Å². The molecule has 3 nitrogen and oxygen atoms in total. The van der Waals surface area contributed by atoms with Gasteiger partial charge in [0.2, 0.25) is 6.79 Å². The molecule has 21 heavy (non-hydrogen) atoms. The summed E-state index contributed by atoms with van der Waals surface area (Å²) in [4.78, 5) is 2.40. The molecule has 0 fully saturated rings. The van der Waals surface area contributed by atoms with Gasteiger partial charge in [0.1, 0.15) is 0 Å². The Morgan fingerprint density at radius 1 is 1.05 bits per heavy atom. The molecule has 2 aromatic rings. The average molecular weight is 348 g/mol. The van der Waals surface area contributed by atoms with E-state index in [1.54, 1.807) is 0 Å². The molecule has 2 aromatic carbocycles. The third-order valence-electron chi connectivity index (χ3n) is 3.63. The summed E-state index contributed by atoms with van der Waals surface area (Å²) < 4.78 is 11.9. The van der Waals surface area contributed by atoms with Crippen LogP contribution in [0.1, 0.15) is 18.1 Å². The Morgan fingerprint density at radius 3 is 2.48 bits per heavy atom. The first-order chi connectivity index (χ1) is 10.3. The molecule has 110 valence electrons. The van der Waals surface area contributed by atoms with E-state index in [-0.39, 0.29) is 0 Å². The summed E-state index contributed by atoms with van der Waals surface area (Å²) in [6.07, 6.45) is 0. The molecule has 0 amide bonds. The van der Waals surface area contributed by atoms with Crippen LogP contribution in [0.3, 0.4) is 0 Å². The van der Waals surface area contributed by atoms with Crippen LogP contribution < -0.4 is 9.47 Å². The van der Waals surface area contributed by atoms with Crippen LogP contribution in [0.5, 0.6) is 11.5 Å². The van der Waals surface area contributed by atoms with Crippen molar-refractivity contribution in [2.45, 2.75) is 20.0 Å². The zero-order valence-electron chi connectivity index (χ0n) is 12.0. The number of benzene rings is 2. The average Bonchev–Trinajstić information content (AvgIpc) is 2.95. The van der Waals surface area contributed by atoms with Gasteiger partial charge < -0.3 is 9.47 Å². The maximum Gasteiger partial charge on any atom is 0.231 e. The second-order valence-electron chi connectivity index (χ2n) is 5.09. The van der Waals surface area contributed by atoms with Crippen LogP contribution in [0.25, 0.3) is 0 Å². The van der Waals surface area contributed by atoms with Crippen molar-refractivity contribution in [3.63, 3.8) is 0 Å². The van der Waals surface area contributed by atoms with Crippen LogP contribution in [0, 0.1) is 0 Å². The molecule has 0 aliphatic carbocycles. The predicted octanol–water partition coefficient (Wildman–Crippen LogP) is 4.20. The second kappa shape index (κ2) is 6.50. The van der Waals surface area contributed by atoms with E-state index in [4.69, 9.17) is 9.47 Å². The number of ether oxygens (including phenoxy) is 2. The molecule has 1 aliphatic rings. The van der Waals surface area contributed by atoms with E-state index in [1.165, 1.54) is 11.1 Å². The summed E-state index contributed by atoms with van der Waals surface area (Å²) in [6.45, 7) is 5.31. The first-order valence-corrected chi connectivity index (χ1v) is 7.90. The quantitative estimate of drug-likeness (QED) is 0.808. The van der Waals surface area contributed by atoms with Crippen molar-refractivity contribution in [1.82, 2.24) is 4.90 Å². The van der Waals surface area contributed by atoms with Crippen molar-refractivity contribution in [3.8, 4) is 11.5 Å². The monoisotopic (exact) mass is 347 g/mol. The fraction of sp³-hybridized carbons (Fsp3) is 0.294. The number of hydrogen-bond donors (Lipinski definition) is 0. The highest BCUT2D eigenvalue weighted by molar-refractivity contribution is 9.10. The maximum absolute atomic E-state index is 5.47. The van der Waals surface area contributed by atoms with E-state index < -0.39 is 0 Å². The van der Waals surface area contributed by atoms with Gasteiger partial charge in [0.15, 0.2) is 11.5 Å². The zero-order valence-corrected chi connectivity index (χ0v) is 13.6. The van der Waals surface area contributed by atoms with Gasteiger partial charge in [-0.1, -0.05) is 53.2 Å². The molecular formula is C17H18BrNO2. The largest absolute Gasteiger partial charge is 0.454 e. The van der Waals surface area contributed by atoms with Crippen molar-refractivity contribution >= 4 is 15.9 Å². The van der Waals surface area contributed by atoms with Crippen molar-refractivity contribution in [3.05, 3.63) is 58.1 Å². The van der Waals surface area contributed by atoms with Gasteiger partial charge in [-0.2, -0.15) is 0 Å². The van der Waals surface area contributed by atoms with E-state index >= 15 is 0 Å². The van der Waals surface area contributed by atoms with E-state index in [9.17, 15) is 0 Å². The van der Waals surface area contributed by atoms with E-state index in [0.29, 0.717) is 6.79 Å². The summed E-state index contributed by atoms with van der Waals surface area (Å²) in [5, 5.41) is 0. The lowest BCUT2D eigenvalue weighted by molar-refractivity contribution is 0.174. The van der Waals surface area contributed by atoms with Gasteiger partial charge in [-0.3, -0.25) is 4.90 Å². The highest BCUT2D eigenvalue weighted by Gasteiger charge is 2.17. The molecule has 0 spiro atoms. The van der Waals surface area contributed by atoms with Crippen LogP contribution in [0.2, 0.25) is 0 Å². The molecular weight excluding hydrogens is 330 g/mol. The minimum Gasteiger partial charge on any atom is -0.454 e. The summed E-state index contributed by atoms with van der Waals surface area (Å²) in [5.41, 5.74) is 2.55. The summed E-state index contributed by atoms with van der Waals surface area (Å²) in [7, 11) is 0.